The van der Waals surface area contributed by atoms with Crippen LogP contribution in [0.1, 0.15) is 17.0 Å². The highest BCUT2D eigenvalue weighted by molar-refractivity contribution is 5.61. The van der Waals surface area contributed by atoms with Crippen molar-refractivity contribution in [1.29, 1.82) is 5.26 Å². The molecule has 2 aromatic heterocycles. The molecule has 5 heteroatoms. The summed E-state index contributed by atoms with van der Waals surface area (Å²) in [5, 5.41) is 12.9. The predicted molar refractivity (Wildman–Crippen MR) is 77.2 cm³/mol. The number of aromatic nitrogens is 3. The number of nitriles is 1. The lowest BCUT2D eigenvalue weighted by atomic mass is 10.1. The smallest absolute Gasteiger partial charge is 0.258 e. The van der Waals surface area contributed by atoms with Crippen LogP contribution in [0.3, 0.4) is 0 Å². The highest BCUT2D eigenvalue weighted by Crippen LogP contribution is 2.23. The van der Waals surface area contributed by atoms with Crippen molar-refractivity contribution in [3.8, 4) is 28.9 Å². The lowest BCUT2D eigenvalue weighted by Gasteiger charge is -1.99. The van der Waals surface area contributed by atoms with Crippen LogP contribution in [-0.4, -0.2) is 15.1 Å². The Balaban J connectivity index is 2.01. The quantitative estimate of drug-likeness (QED) is 0.717. The van der Waals surface area contributed by atoms with E-state index in [1.54, 1.807) is 18.2 Å². The van der Waals surface area contributed by atoms with Crippen molar-refractivity contribution in [1.82, 2.24) is 15.1 Å². The summed E-state index contributed by atoms with van der Waals surface area (Å²) in [7, 11) is 0. The van der Waals surface area contributed by atoms with E-state index in [9.17, 15) is 0 Å². The Morgan fingerprint density at radius 1 is 1.00 bits per heavy atom. The molecule has 1 aromatic carbocycles. The van der Waals surface area contributed by atoms with Gasteiger partial charge in [-0.05, 0) is 44.2 Å². The number of nitrogens with zero attached hydrogens (tertiary/aromatic N) is 4. The molecule has 0 aliphatic heterocycles. The summed E-state index contributed by atoms with van der Waals surface area (Å²) in [4.78, 5) is 8.72. The molecule has 0 fully saturated rings. The Bertz CT molecular complexity index is 825. The number of aryl methyl sites for hydroxylation is 2. The second-order valence-electron chi connectivity index (χ2n) is 4.75. The molecule has 0 spiro atoms. The number of hydrogen-bond donors (Lipinski definition) is 0. The molecule has 3 aromatic rings. The Labute approximate surface area is 121 Å². The van der Waals surface area contributed by atoms with Crippen LogP contribution in [0.2, 0.25) is 0 Å². The third kappa shape index (κ3) is 2.65. The van der Waals surface area contributed by atoms with E-state index in [0.29, 0.717) is 17.3 Å². The summed E-state index contributed by atoms with van der Waals surface area (Å²) in [6, 6.07) is 13.0. The first-order valence-corrected chi connectivity index (χ1v) is 6.45. The molecular weight excluding hydrogens is 264 g/mol. The molecule has 2 heterocycles. The van der Waals surface area contributed by atoms with Crippen molar-refractivity contribution in [3.05, 3.63) is 53.3 Å². The summed E-state index contributed by atoms with van der Waals surface area (Å²) in [6.45, 7) is 3.85. The first-order chi connectivity index (χ1) is 10.2. The van der Waals surface area contributed by atoms with Gasteiger partial charge < -0.3 is 4.52 Å². The van der Waals surface area contributed by atoms with Gasteiger partial charge in [0.2, 0.25) is 5.82 Å². The summed E-state index contributed by atoms with van der Waals surface area (Å²) in [5.41, 5.74) is 3.97. The van der Waals surface area contributed by atoms with E-state index in [0.717, 1.165) is 22.5 Å². The van der Waals surface area contributed by atoms with Gasteiger partial charge in [-0.1, -0.05) is 11.2 Å². The summed E-state index contributed by atoms with van der Waals surface area (Å²) in [6.07, 6.45) is 0. The Morgan fingerprint density at radius 2 is 1.76 bits per heavy atom. The molecule has 0 aliphatic rings. The summed E-state index contributed by atoms with van der Waals surface area (Å²) < 4.78 is 5.29. The average Bonchev–Trinajstić information content (AvgIpc) is 2.96. The molecule has 0 radical (unpaired) electrons. The lowest BCUT2D eigenvalue weighted by Crippen LogP contribution is -1.89. The highest BCUT2D eigenvalue weighted by atomic mass is 16.5. The largest absolute Gasteiger partial charge is 0.334 e. The number of pyridine rings is 1. The van der Waals surface area contributed by atoms with Gasteiger partial charge in [0.15, 0.2) is 0 Å². The maximum Gasteiger partial charge on any atom is 0.258 e. The molecule has 102 valence electrons. The first-order valence-electron chi connectivity index (χ1n) is 6.45. The highest BCUT2D eigenvalue weighted by Gasteiger charge is 2.12. The van der Waals surface area contributed by atoms with E-state index in [1.165, 1.54) is 0 Å². The van der Waals surface area contributed by atoms with Crippen molar-refractivity contribution < 1.29 is 4.52 Å². The van der Waals surface area contributed by atoms with E-state index in [4.69, 9.17) is 9.78 Å². The SMILES string of the molecule is Cc1cc(-c2noc(-c3cccc(C#N)c3)n2)cc(C)n1. The normalized spacial score (nSPS) is 10.3. The van der Waals surface area contributed by atoms with E-state index in [1.807, 2.05) is 32.0 Å². The maximum atomic E-state index is 8.93. The third-order valence-corrected chi connectivity index (χ3v) is 3.00. The second kappa shape index (κ2) is 5.17. The van der Waals surface area contributed by atoms with Gasteiger partial charge >= 0.3 is 0 Å². The second-order valence-corrected chi connectivity index (χ2v) is 4.75. The van der Waals surface area contributed by atoms with Crippen LogP contribution in [0.4, 0.5) is 0 Å². The van der Waals surface area contributed by atoms with Crippen molar-refractivity contribution in [2.24, 2.45) is 0 Å². The molecular formula is C16H12N4O. The molecule has 0 saturated heterocycles. The zero-order chi connectivity index (χ0) is 14.8. The maximum absolute atomic E-state index is 8.93. The summed E-state index contributed by atoms with van der Waals surface area (Å²) >= 11 is 0. The van der Waals surface area contributed by atoms with Gasteiger partial charge in [-0.15, -0.1) is 0 Å². The minimum atomic E-state index is 0.397. The molecule has 3 rings (SSSR count). The van der Waals surface area contributed by atoms with Crippen LogP contribution >= 0.6 is 0 Å². The molecule has 0 saturated carbocycles. The standard InChI is InChI=1S/C16H12N4O/c1-10-6-14(7-11(2)18-10)15-19-16(21-20-15)13-5-3-4-12(8-13)9-17/h3-8H,1-2H3. The van der Waals surface area contributed by atoms with Crippen LogP contribution in [0.15, 0.2) is 40.9 Å². The fourth-order valence-electron chi connectivity index (χ4n) is 2.14. The molecule has 0 unspecified atom stereocenters. The third-order valence-electron chi connectivity index (χ3n) is 3.00. The van der Waals surface area contributed by atoms with Gasteiger partial charge in [0, 0.05) is 22.5 Å². The average molecular weight is 276 g/mol. The van der Waals surface area contributed by atoms with Gasteiger partial charge in [-0.2, -0.15) is 10.2 Å². The lowest BCUT2D eigenvalue weighted by molar-refractivity contribution is 0.432. The molecule has 0 atom stereocenters. The number of benzene rings is 1. The molecule has 0 N–H and O–H groups in total. The van der Waals surface area contributed by atoms with E-state index in [2.05, 4.69) is 21.2 Å². The minimum Gasteiger partial charge on any atom is -0.334 e. The molecule has 0 amide bonds. The van der Waals surface area contributed by atoms with E-state index < -0.39 is 0 Å². The van der Waals surface area contributed by atoms with Gasteiger partial charge in [-0.3, -0.25) is 4.98 Å². The summed E-state index contributed by atoms with van der Waals surface area (Å²) in [5.74, 6) is 0.912. The molecule has 5 nitrogen and oxygen atoms in total. The molecule has 21 heavy (non-hydrogen) atoms. The first kappa shape index (κ1) is 13.0. The molecule has 0 bridgehead atoms. The predicted octanol–water partition coefficient (Wildman–Crippen LogP) is 3.29. The van der Waals surface area contributed by atoms with E-state index in [-0.39, 0.29) is 0 Å². The van der Waals surface area contributed by atoms with E-state index >= 15 is 0 Å². The Kier molecular flexibility index (Phi) is 3.20. The number of hydrogen-bond acceptors (Lipinski definition) is 5. The topological polar surface area (TPSA) is 75.6 Å². The number of rotatable bonds is 2. The van der Waals surface area contributed by atoms with Gasteiger partial charge in [0.05, 0.1) is 11.6 Å². The Hall–Kier alpha value is -3.00. The Morgan fingerprint density at radius 3 is 2.48 bits per heavy atom. The van der Waals surface area contributed by atoms with Crippen LogP contribution in [0.5, 0.6) is 0 Å². The minimum absolute atomic E-state index is 0.397. The monoisotopic (exact) mass is 276 g/mol. The van der Waals surface area contributed by atoms with Gasteiger partial charge in [0.25, 0.3) is 5.89 Å². The van der Waals surface area contributed by atoms with Crippen LogP contribution < -0.4 is 0 Å². The van der Waals surface area contributed by atoms with Crippen LogP contribution in [0.25, 0.3) is 22.8 Å². The fourth-order valence-corrected chi connectivity index (χ4v) is 2.14. The van der Waals surface area contributed by atoms with Gasteiger partial charge in [0.1, 0.15) is 0 Å². The van der Waals surface area contributed by atoms with Crippen molar-refractivity contribution in [2.75, 3.05) is 0 Å². The zero-order valence-corrected chi connectivity index (χ0v) is 11.7. The zero-order valence-electron chi connectivity index (χ0n) is 11.7. The fraction of sp³-hybridized carbons (Fsp3) is 0.125. The van der Waals surface area contributed by atoms with Gasteiger partial charge in [-0.25, -0.2) is 0 Å². The van der Waals surface area contributed by atoms with Crippen LogP contribution in [0, 0.1) is 25.2 Å². The van der Waals surface area contributed by atoms with Crippen molar-refractivity contribution in [3.63, 3.8) is 0 Å². The van der Waals surface area contributed by atoms with Crippen LogP contribution in [-0.2, 0) is 0 Å². The van der Waals surface area contributed by atoms with Crippen molar-refractivity contribution in [2.45, 2.75) is 13.8 Å². The van der Waals surface area contributed by atoms with Crippen molar-refractivity contribution >= 4 is 0 Å². The molecule has 0 aliphatic carbocycles.